The number of amides is 1. The molecular formula is C18H13F3N2O2. The lowest BCUT2D eigenvalue weighted by Crippen LogP contribution is -2.14. The largest absolute Gasteiger partial charge is 0.356 e. The Labute approximate surface area is 141 Å². The highest BCUT2D eigenvalue weighted by atomic mass is 19.1. The summed E-state index contributed by atoms with van der Waals surface area (Å²) in [6, 6.07) is 8.80. The van der Waals surface area contributed by atoms with Crippen molar-refractivity contribution in [3.8, 4) is 11.3 Å². The molecule has 7 heteroatoms. The first-order valence-corrected chi connectivity index (χ1v) is 7.39. The summed E-state index contributed by atoms with van der Waals surface area (Å²) in [4.78, 5) is 12.0. The molecule has 1 N–H and O–H groups in total. The van der Waals surface area contributed by atoms with Crippen molar-refractivity contribution in [2.45, 2.75) is 13.3 Å². The third-order valence-corrected chi connectivity index (χ3v) is 3.55. The van der Waals surface area contributed by atoms with Crippen LogP contribution in [0.3, 0.4) is 0 Å². The molecule has 0 aliphatic carbocycles. The highest BCUT2D eigenvalue weighted by molar-refractivity contribution is 5.92. The minimum atomic E-state index is -0.790. The molecule has 0 aliphatic heterocycles. The molecule has 0 radical (unpaired) electrons. The van der Waals surface area contributed by atoms with Gasteiger partial charge in [0, 0.05) is 17.8 Å². The van der Waals surface area contributed by atoms with E-state index in [1.165, 1.54) is 18.2 Å². The molecule has 128 valence electrons. The number of nitrogens with zero attached hydrogens (tertiary/aromatic N) is 1. The maximum absolute atomic E-state index is 13.7. The first-order chi connectivity index (χ1) is 11.9. The van der Waals surface area contributed by atoms with E-state index < -0.39 is 23.4 Å². The van der Waals surface area contributed by atoms with Gasteiger partial charge in [0.05, 0.1) is 17.7 Å². The number of rotatable bonds is 4. The van der Waals surface area contributed by atoms with Crippen molar-refractivity contribution in [2.24, 2.45) is 0 Å². The van der Waals surface area contributed by atoms with Gasteiger partial charge in [-0.1, -0.05) is 11.2 Å². The molecule has 1 amide bonds. The van der Waals surface area contributed by atoms with Gasteiger partial charge >= 0.3 is 0 Å². The van der Waals surface area contributed by atoms with Gasteiger partial charge in [-0.15, -0.1) is 0 Å². The summed E-state index contributed by atoms with van der Waals surface area (Å²) in [5, 5.41) is 6.24. The fourth-order valence-corrected chi connectivity index (χ4v) is 2.25. The van der Waals surface area contributed by atoms with Crippen molar-refractivity contribution >= 4 is 11.6 Å². The van der Waals surface area contributed by atoms with E-state index in [0.717, 1.165) is 12.1 Å². The fraction of sp³-hybridized carbons (Fsp3) is 0.111. The smallest absolute Gasteiger partial charge is 0.230 e. The summed E-state index contributed by atoms with van der Waals surface area (Å²) in [5.41, 5.74) is 1.10. The number of aromatic nitrogens is 1. The van der Waals surface area contributed by atoms with Crippen molar-refractivity contribution < 1.29 is 22.5 Å². The van der Waals surface area contributed by atoms with Gasteiger partial charge in [0.25, 0.3) is 0 Å². The van der Waals surface area contributed by atoms with E-state index in [4.69, 9.17) is 4.52 Å². The van der Waals surface area contributed by atoms with Crippen LogP contribution in [0.2, 0.25) is 0 Å². The maximum atomic E-state index is 13.7. The molecule has 0 saturated carbocycles. The first kappa shape index (κ1) is 16.8. The second kappa shape index (κ2) is 6.80. The number of halogens is 3. The SMILES string of the molecule is Cc1ccc(NC(=O)Cc2cc(-c3ccc(F)cc3F)on2)cc1F. The normalized spacial score (nSPS) is 10.7. The molecule has 0 unspecified atom stereocenters. The third kappa shape index (κ3) is 3.88. The number of benzene rings is 2. The van der Waals surface area contributed by atoms with Crippen LogP contribution in [0.4, 0.5) is 18.9 Å². The van der Waals surface area contributed by atoms with E-state index >= 15 is 0 Å². The average Bonchev–Trinajstić information content (AvgIpc) is 2.99. The number of hydrogen-bond donors (Lipinski definition) is 1. The van der Waals surface area contributed by atoms with Crippen molar-refractivity contribution in [3.05, 3.63) is 71.2 Å². The molecule has 3 rings (SSSR count). The molecule has 4 nitrogen and oxygen atoms in total. The molecule has 2 aromatic carbocycles. The molecule has 0 saturated heterocycles. The monoisotopic (exact) mass is 346 g/mol. The van der Waals surface area contributed by atoms with E-state index in [1.54, 1.807) is 19.1 Å². The Kier molecular flexibility index (Phi) is 4.56. The van der Waals surface area contributed by atoms with Gasteiger partial charge in [-0.05, 0) is 36.8 Å². The highest BCUT2D eigenvalue weighted by Crippen LogP contribution is 2.24. The van der Waals surface area contributed by atoms with Crippen LogP contribution in [0, 0.1) is 24.4 Å². The summed E-state index contributed by atoms with van der Waals surface area (Å²) in [6.07, 6.45) is -0.137. The Balaban J connectivity index is 1.70. The average molecular weight is 346 g/mol. The van der Waals surface area contributed by atoms with E-state index in [9.17, 15) is 18.0 Å². The van der Waals surface area contributed by atoms with E-state index in [2.05, 4.69) is 10.5 Å². The van der Waals surface area contributed by atoms with Gasteiger partial charge in [-0.2, -0.15) is 0 Å². The van der Waals surface area contributed by atoms with Gasteiger partial charge in [0.15, 0.2) is 5.76 Å². The molecule has 3 aromatic rings. The van der Waals surface area contributed by atoms with Crippen LogP contribution >= 0.6 is 0 Å². The molecule has 0 fully saturated rings. The van der Waals surface area contributed by atoms with Crippen LogP contribution in [0.1, 0.15) is 11.3 Å². The summed E-state index contributed by atoms with van der Waals surface area (Å²) in [5.74, 6) is -2.26. The lowest BCUT2D eigenvalue weighted by Gasteiger charge is -2.05. The zero-order valence-corrected chi connectivity index (χ0v) is 13.1. The topological polar surface area (TPSA) is 55.1 Å². The fourth-order valence-electron chi connectivity index (χ4n) is 2.25. The lowest BCUT2D eigenvalue weighted by atomic mass is 10.1. The summed E-state index contributed by atoms with van der Waals surface area (Å²) < 4.78 is 45.1. The van der Waals surface area contributed by atoms with Crippen LogP contribution in [-0.2, 0) is 11.2 Å². The minimum absolute atomic E-state index is 0.0427. The number of carbonyl (C=O) groups is 1. The molecule has 0 atom stereocenters. The summed E-state index contributed by atoms with van der Waals surface area (Å²) >= 11 is 0. The Morgan fingerprint density at radius 2 is 1.88 bits per heavy atom. The molecule has 0 spiro atoms. The predicted octanol–water partition coefficient (Wildman–Crippen LogP) is 4.25. The van der Waals surface area contributed by atoms with E-state index in [1.807, 2.05) is 0 Å². The quantitative estimate of drug-likeness (QED) is 0.768. The highest BCUT2D eigenvalue weighted by Gasteiger charge is 2.14. The van der Waals surface area contributed by atoms with Crippen molar-refractivity contribution in [3.63, 3.8) is 0 Å². The Bertz CT molecular complexity index is 938. The number of hydrogen-bond acceptors (Lipinski definition) is 3. The van der Waals surface area contributed by atoms with Gasteiger partial charge in [0.1, 0.15) is 17.5 Å². The zero-order chi connectivity index (χ0) is 18.0. The summed E-state index contributed by atoms with van der Waals surface area (Å²) in [6.45, 7) is 1.62. The molecular weight excluding hydrogens is 333 g/mol. The van der Waals surface area contributed by atoms with Crippen LogP contribution in [0.5, 0.6) is 0 Å². The number of carbonyl (C=O) groups excluding carboxylic acids is 1. The Morgan fingerprint density at radius 3 is 2.60 bits per heavy atom. The Hall–Kier alpha value is -3.09. The second-order valence-corrected chi connectivity index (χ2v) is 5.50. The van der Waals surface area contributed by atoms with Gasteiger partial charge in [-0.25, -0.2) is 13.2 Å². The molecule has 1 heterocycles. The maximum Gasteiger partial charge on any atom is 0.230 e. The number of anilines is 1. The van der Waals surface area contributed by atoms with Crippen LogP contribution < -0.4 is 5.32 Å². The van der Waals surface area contributed by atoms with E-state index in [0.29, 0.717) is 11.3 Å². The van der Waals surface area contributed by atoms with Gasteiger partial charge in [0.2, 0.25) is 5.91 Å². The molecule has 0 bridgehead atoms. The van der Waals surface area contributed by atoms with Crippen LogP contribution in [-0.4, -0.2) is 11.1 Å². The van der Waals surface area contributed by atoms with Crippen LogP contribution in [0.15, 0.2) is 47.0 Å². The van der Waals surface area contributed by atoms with Crippen LogP contribution in [0.25, 0.3) is 11.3 Å². The zero-order valence-electron chi connectivity index (χ0n) is 13.1. The molecule has 1 aromatic heterocycles. The standard InChI is InChI=1S/C18H13F3N2O2/c1-10-2-4-12(7-15(10)20)22-18(24)9-13-8-17(25-23-13)14-5-3-11(19)6-16(14)21/h2-8H,9H2,1H3,(H,22,24). The van der Waals surface area contributed by atoms with Crippen molar-refractivity contribution in [1.82, 2.24) is 5.16 Å². The minimum Gasteiger partial charge on any atom is -0.356 e. The number of nitrogens with one attached hydrogen (secondary N) is 1. The second-order valence-electron chi connectivity index (χ2n) is 5.50. The predicted molar refractivity (Wildman–Crippen MR) is 85.3 cm³/mol. The third-order valence-electron chi connectivity index (χ3n) is 3.55. The van der Waals surface area contributed by atoms with Crippen molar-refractivity contribution in [1.29, 1.82) is 0 Å². The lowest BCUT2D eigenvalue weighted by molar-refractivity contribution is -0.115. The molecule has 0 aliphatic rings. The molecule has 25 heavy (non-hydrogen) atoms. The Morgan fingerprint density at radius 1 is 1.08 bits per heavy atom. The van der Waals surface area contributed by atoms with E-state index in [-0.39, 0.29) is 23.4 Å². The first-order valence-electron chi connectivity index (χ1n) is 7.39. The van der Waals surface area contributed by atoms with Crippen molar-refractivity contribution in [2.75, 3.05) is 5.32 Å². The van der Waals surface area contributed by atoms with Gasteiger partial charge < -0.3 is 9.84 Å². The number of aryl methyl sites for hydroxylation is 1. The summed E-state index contributed by atoms with van der Waals surface area (Å²) in [7, 11) is 0. The van der Waals surface area contributed by atoms with Gasteiger partial charge in [-0.3, -0.25) is 4.79 Å².